The van der Waals surface area contributed by atoms with Gasteiger partial charge in [0, 0.05) is 61.2 Å². The molecule has 0 bridgehead atoms. The normalized spacial score (nSPS) is 15.9. The molecular formula is C28H31F3N6O3. The molecule has 1 amide bonds. The zero-order valence-corrected chi connectivity index (χ0v) is 22.0. The highest BCUT2D eigenvalue weighted by atomic mass is 19.4. The van der Waals surface area contributed by atoms with Gasteiger partial charge in [0.2, 0.25) is 5.91 Å². The Kier molecular flexibility index (Phi) is 9.30. The molecule has 1 aliphatic rings. The molecule has 0 radical (unpaired) electrons. The molecule has 3 aromatic rings. The zero-order chi connectivity index (χ0) is 28.7. The van der Waals surface area contributed by atoms with Crippen molar-refractivity contribution in [2.75, 3.05) is 13.2 Å². The van der Waals surface area contributed by atoms with Gasteiger partial charge in [-0.1, -0.05) is 18.2 Å². The molecule has 3 heterocycles. The van der Waals surface area contributed by atoms with Gasteiger partial charge in [-0.2, -0.15) is 18.3 Å². The first kappa shape index (κ1) is 28.9. The van der Waals surface area contributed by atoms with Crippen molar-refractivity contribution >= 4 is 29.1 Å². The van der Waals surface area contributed by atoms with Crippen LogP contribution in [0.4, 0.5) is 13.2 Å². The number of benzene rings is 1. The number of nitrogens with two attached hydrogens (primary N) is 1. The average Bonchev–Trinajstić information content (AvgIpc) is 3.36. The predicted octanol–water partition coefficient (Wildman–Crippen LogP) is 3.90. The summed E-state index contributed by atoms with van der Waals surface area (Å²) in [6.07, 6.45) is 1.56. The third kappa shape index (κ3) is 7.75. The van der Waals surface area contributed by atoms with Gasteiger partial charge < -0.3 is 15.8 Å². The Labute approximate surface area is 229 Å². The van der Waals surface area contributed by atoms with Crippen LogP contribution >= 0.6 is 0 Å². The lowest BCUT2D eigenvalue weighted by atomic mass is 10.0. The average molecular weight is 557 g/mol. The van der Waals surface area contributed by atoms with E-state index < -0.39 is 30.8 Å². The van der Waals surface area contributed by atoms with Gasteiger partial charge in [-0.05, 0) is 37.5 Å². The number of hydrogen-bond donors (Lipinski definition) is 2. The second-order valence-corrected chi connectivity index (χ2v) is 9.66. The van der Waals surface area contributed by atoms with Crippen LogP contribution < -0.4 is 11.1 Å². The summed E-state index contributed by atoms with van der Waals surface area (Å²) in [5.41, 5.74) is 9.55. The highest BCUT2D eigenvalue weighted by Crippen LogP contribution is 2.25. The van der Waals surface area contributed by atoms with E-state index in [1.807, 2.05) is 6.07 Å². The number of ketones is 1. The standard InChI is InChI=1S/C28H31F3N6O3/c1-18(27(39)36-23-6-9-40-10-7-23)33-15-22(14-32)21-13-26-34-17-25(37(26)35-16-21)20-4-2-3-19(11-20)12-24(38)5-8-28(29,30)31/h2-4,11,13-18,23H,5-10,12,32H2,1H3,(H,36,39). The molecule has 4 rings (SSSR count). The Balaban J connectivity index is 1.45. The maximum atomic E-state index is 12.5. The van der Waals surface area contributed by atoms with Crippen LogP contribution in [0.5, 0.6) is 0 Å². The van der Waals surface area contributed by atoms with E-state index >= 15 is 0 Å². The lowest BCUT2D eigenvalue weighted by molar-refractivity contribution is -0.143. The number of alkyl halides is 3. The van der Waals surface area contributed by atoms with E-state index in [-0.39, 0.29) is 18.4 Å². The summed E-state index contributed by atoms with van der Waals surface area (Å²) in [7, 11) is 0. The number of aromatic nitrogens is 3. The monoisotopic (exact) mass is 556 g/mol. The van der Waals surface area contributed by atoms with Crippen LogP contribution in [0.3, 0.4) is 0 Å². The van der Waals surface area contributed by atoms with Crippen molar-refractivity contribution in [3.8, 4) is 11.3 Å². The third-order valence-corrected chi connectivity index (χ3v) is 6.57. The molecule has 1 unspecified atom stereocenters. The quantitative estimate of drug-likeness (QED) is 0.365. The molecule has 0 spiro atoms. The lowest BCUT2D eigenvalue weighted by Gasteiger charge is -2.23. The van der Waals surface area contributed by atoms with Crippen LogP contribution in [0.15, 0.2) is 53.9 Å². The van der Waals surface area contributed by atoms with Gasteiger partial charge >= 0.3 is 6.18 Å². The molecule has 0 aliphatic carbocycles. The number of nitrogens with one attached hydrogen (secondary N) is 1. The van der Waals surface area contributed by atoms with Crippen LogP contribution in [0.1, 0.15) is 43.7 Å². The Hall–Kier alpha value is -4.06. The molecule has 0 saturated carbocycles. The summed E-state index contributed by atoms with van der Waals surface area (Å²) in [5.74, 6) is -0.649. The van der Waals surface area contributed by atoms with Gasteiger partial charge in [0.15, 0.2) is 5.65 Å². The summed E-state index contributed by atoms with van der Waals surface area (Å²) >= 11 is 0. The summed E-state index contributed by atoms with van der Waals surface area (Å²) in [6.45, 7) is 2.97. The van der Waals surface area contributed by atoms with Crippen molar-refractivity contribution < 1.29 is 27.5 Å². The number of halogens is 3. The number of aliphatic imine (C=N–C) groups is 1. The van der Waals surface area contributed by atoms with Crippen LogP contribution in [-0.4, -0.2) is 64.0 Å². The molecule has 1 aliphatic heterocycles. The number of carbonyl (C=O) groups is 2. The first-order valence-electron chi connectivity index (χ1n) is 13.0. The minimum absolute atomic E-state index is 0.0835. The maximum Gasteiger partial charge on any atom is 0.389 e. The zero-order valence-electron chi connectivity index (χ0n) is 22.0. The van der Waals surface area contributed by atoms with Crippen molar-refractivity contribution in [2.24, 2.45) is 10.7 Å². The molecule has 12 heteroatoms. The number of nitrogens with zero attached hydrogens (tertiary/aromatic N) is 4. The Morgan fingerprint density at radius 1 is 1.25 bits per heavy atom. The van der Waals surface area contributed by atoms with Crippen LogP contribution in [0, 0.1) is 0 Å². The van der Waals surface area contributed by atoms with E-state index in [1.165, 1.54) is 12.4 Å². The van der Waals surface area contributed by atoms with Crippen LogP contribution in [0.2, 0.25) is 0 Å². The molecule has 40 heavy (non-hydrogen) atoms. The maximum absolute atomic E-state index is 12.5. The second kappa shape index (κ2) is 12.9. The predicted molar refractivity (Wildman–Crippen MR) is 145 cm³/mol. The molecular weight excluding hydrogens is 525 g/mol. The Morgan fingerprint density at radius 2 is 2.02 bits per heavy atom. The Bertz CT molecular complexity index is 1410. The van der Waals surface area contributed by atoms with E-state index in [9.17, 15) is 22.8 Å². The molecule has 3 N–H and O–H groups in total. The van der Waals surface area contributed by atoms with Gasteiger partial charge in [0.05, 0.1) is 24.5 Å². The first-order chi connectivity index (χ1) is 19.1. The number of Topliss-reactive ketones (excluding diaryl/α,β-unsaturated/α-hetero) is 1. The van der Waals surface area contributed by atoms with Gasteiger partial charge in [0.25, 0.3) is 0 Å². The first-order valence-corrected chi connectivity index (χ1v) is 13.0. The van der Waals surface area contributed by atoms with Crippen molar-refractivity contribution in [3.63, 3.8) is 0 Å². The van der Waals surface area contributed by atoms with Gasteiger partial charge in [-0.3, -0.25) is 14.6 Å². The second-order valence-electron chi connectivity index (χ2n) is 9.66. The lowest BCUT2D eigenvalue weighted by Crippen LogP contribution is -2.42. The number of fused-ring (bicyclic) bond motifs is 1. The summed E-state index contributed by atoms with van der Waals surface area (Å²) < 4.78 is 44.2. The van der Waals surface area contributed by atoms with Crippen molar-refractivity contribution in [1.29, 1.82) is 0 Å². The number of ether oxygens (including phenoxy) is 1. The summed E-state index contributed by atoms with van der Waals surface area (Å²) in [5, 5.41) is 7.48. The highest BCUT2D eigenvalue weighted by molar-refractivity contribution is 6.10. The molecule has 9 nitrogen and oxygen atoms in total. The number of hydrogen-bond acceptors (Lipinski definition) is 7. The largest absolute Gasteiger partial charge is 0.404 e. The number of allylic oxidation sites excluding steroid dienone is 1. The molecule has 1 aromatic carbocycles. The van der Waals surface area contributed by atoms with Crippen LogP contribution in [-0.2, 0) is 20.7 Å². The number of carbonyl (C=O) groups excluding carboxylic acids is 2. The van der Waals surface area contributed by atoms with Gasteiger partial charge in [0.1, 0.15) is 11.8 Å². The van der Waals surface area contributed by atoms with Crippen LogP contribution in [0.25, 0.3) is 22.5 Å². The summed E-state index contributed by atoms with van der Waals surface area (Å²) in [6, 6.07) is 8.24. The van der Waals surface area contributed by atoms with E-state index in [0.29, 0.717) is 41.3 Å². The minimum Gasteiger partial charge on any atom is -0.404 e. The number of amides is 1. The summed E-state index contributed by atoms with van der Waals surface area (Å²) in [4.78, 5) is 33.3. The third-order valence-electron chi connectivity index (χ3n) is 6.57. The highest BCUT2D eigenvalue weighted by Gasteiger charge is 2.27. The molecule has 1 atom stereocenters. The van der Waals surface area contributed by atoms with E-state index in [4.69, 9.17) is 10.5 Å². The molecule has 1 fully saturated rings. The minimum atomic E-state index is -4.36. The molecule has 1 saturated heterocycles. The van der Waals surface area contributed by atoms with Gasteiger partial charge in [-0.15, -0.1) is 0 Å². The topological polar surface area (TPSA) is 124 Å². The van der Waals surface area contributed by atoms with Crippen molar-refractivity contribution in [2.45, 2.75) is 57.3 Å². The molecule has 212 valence electrons. The van der Waals surface area contributed by atoms with E-state index in [0.717, 1.165) is 18.4 Å². The van der Waals surface area contributed by atoms with Crippen molar-refractivity contribution in [1.82, 2.24) is 19.9 Å². The number of rotatable bonds is 10. The van der Waals surface area contributed by atoms with Gasteiger partial charge in [-0.25, -0.2) is 9.50 Å². The van der Waals surface area contributed by atoms with E-state index in [2.05, 4.69) is 20.4 Å². The fraction of sp³-hybridized carbons (Fsp3) is 0.393. The SMILES string of the molecule is CC(N=CC(=CN)c1cnn2c(-c3cccc(CC(=O)CCC(F)(F)F)c3)cnc2c1)C(=O)NC1CCOCC1. The number of imidazole rings is 1. The fourth-order valence-electron chi connectivity index (χ4n) is 4.31. The smallest absolute Gasteiger partial charge is 0.389 e. The molecule has 2 aromatic heterocycles. The van der Waals surface area contributed by atoms with Crippen molar-refractivity contribution in [3.05, 3.63) is 60.1 Å². The Morgan fingerprint density at radius 3 is 2.75 bits per heavy atom. The van der Waals surface area contributed by atoms with E-state index in [1.54, 1.807) is 48.1 Å². The fourth-order valence-corrected chi connectivity index (χ4v) is 4.31.